The van der Waals surface area contributed by atoms with E-state index in [2.05, 4.69) is 11.7 Å². The zero-order valence-corrected chi connectivity index (χ0v) is 8.34. The molecule has 0 aromatic carbocycles. The first-order valence-corrected chi connectivity index (χ1v) is 4.36. The van der Waals surface area contributed by atoms with Crippen molar-refractivity contribution < 1.29 is 39.9 Å². The number of alkyl halides is 8. The lowest BCUT2D eigenvalue weighted by Gasteiger charge is -2.28. The molecule has 9 heteroatoms. The smallest absolute Gasteiger partial charge is 0.318 e. The minimum absolute atomic E-state index is 0.0860. The summed E-state index contributed by atoms with van der Waals surface area (Å²) in [4.78, 5) is 0. The van der Waals surface area contributed by atoms with Gasteiger partial charge < -0.3 is 4.74 Å². The molecule has 1 unspecified atom stereocenters. The van der Waals surface area contributed by atoms with E-state index >= 15 is 0 Å². The Morgan fingerprint density at radius 1 is 1.00 bits per heavy atom. The molecule has 0 heterocycles. The van der Waals surface area contributed by atoms with E-state index in [0.717, 1.165) is 0 Å². The van der Waals surface area contributed by atoms with Gasteiger partial charge in [-0.25, -0.2) is 4.39 Å². The Balaban J connectivity index is 4.72. The highest BCUT2D eigenvalue weighted by molar-refractivity contribution is 4.89. The summed E-state index contributed by atoms with van der Waals surface area (Å²) in [7, 11) is 0. The van der Waals surface area contributed by atoms with Crippen LogP contribution in [0.4, 0.5) is 35.1 Å². The van der Waals surface area contributed by atoms with Crippen LogP contribution in [0.3, 0.4) is 0 Å². The highest BCUT2D eigenvalue weighted by atomic mass is 19.4. The van der Waals surface area contributed by atoms with Crippen LogP contribution >= 0.6 is 0 Å². The molecule has 0 rings (SSSR count). The van der Waals surface area contributed by atoms with Crippen LogP contribution in [0.2, 0.25) is 0 Å². The van der Waals surface area contributed by atoms with E-state index in [4.69, 9.17) is 0 Å². The molecule has 1 atom stereocenters. The number of rotatable bonds is 6. The van der Waals surface area contributed by atoms with E-state index in [1.165, 1.54) is 0 Å². The first-order chi connectivity index (χ1) is 7.47. The third-order valence-corrected chi connectivity index (χ3v) is 1.68. The van der Waals surface area contributed by atoms with E-state index in [0.29, 0.717) is 0 Å². The molecule has 0 saturated carbocycles. The van der Waals surface area contributed by atoms with Gasteiger partial charge in [-0.2, -0.15) is 30.7 Å². The molecule has 0 saturated heterocycles. The Morgan fingerprint density at radius 2 is 1.47 bits per heavy atom. The Kier molecular flexibility index (Phi) is 5.17. The van der Waals surface area contributed by atoms with Crippen molar-refractivity contribution in [1.29, 1.82) is 0 Å². The molecule has 103 valence electrons. The predicted molar refractivity (Wildman–Crippen MR) is 41.4 cm³/mol. The van der Waals surface area contributed by atoms with Gasteiger partial charge in [0.25, 0.3) is 6.17 Å². The lowest BCUT2D eigenvalue weighted by atomic mass is 10.2. The fourth-order valence-electron chi connectivity index (χ4n) is 0.738. The average Bonchev–Trinajstić information content (AvgIpc) is 2.15. The molecule has 0 bridgehead atoms. The van der Waals surface area contributed by atoms with Gasteiger partial charge in [0.05, 0.1) is 6.61 Å². The number of unbranched alkanes of at least 4 members (excludes halogenated alkanes) is 1. The van der Waals surface area contributed by atoms with E-state index in [1.807, 2.05) is 0 Å². The van der Waals surface area contributed by atoms with E-state index in [-0.39, 0.29) is 12.8 Å². The molecule has 0 aliphatic heterocycles. The van der Waals surface area contributed by atoms with E-state index in [9.17, 15) is 35.1 Å². The summed E-state index contributed by atoms with van der Waals surface area (Å²) in [6.45, 7) is 2.32. The van der Waals surface area contributed by atoms with Gasteiger partial charge >= 0.3 is 18.2 Å². The van der Waals surface area contributed by atoms with Gasteiger partial charge in [0.1, 0.15) is 0 Å². The third kappa shape index (κ3) is 3.97. The first kappa shape index (κ1) is 16.4. The van der Waals surface area contributed by atoms with Crippen molar-refractivity contribution in [3.63, 3.8) is 0 Å². The topological polar surface area (TPSA) is 9.23 Å². The molecule has 0 aromatic heterocycles. The van der Waals surface area contributed by atoms with Gasteiger partial charge in [-0.05, 0) is 6.42 Å². The Morgan fingerprint density at radius 3 is 1.82 bits per heavy atom. The molecule has 1 radical (unpaired) electrons. The normalized spacial score (nSPS) is 16.1. The highest BCUT2D eigenvalue weighted by Crippen LogP contribution is 2.44. The monoisotopic (exact) mass is 273 g/mol. The van der Waals surface area contributed by atoms with Gasteiger partial charge in [0.15, 0.2) is 0 Å². The SMILES string of the molecule is [CH2]CCCOC(F)(F)C(F)C(F)(F)C(F)(F)F. The fraction of sp³-hybridized carbons (Fsp3) is 0.875. The predicted octanol–water partition coefficient (Wildman–Crippen LogP) is 3.75. The van der Waals surface area contributed by atoms with Crippen molar-refractivity contribution in [1.82, 2.24) is 0 Å². The number of hydrogen-bond donors (Lipinski definition) is 0. The van der Waals surface area contributed by atoms with Crippen molar-refractivity contribution in [3.8, 4) is 0 Å². The van der Waals surface area contributed by atoms with Crippen LogP contribution in [0.5, 0.6) is 0 Å². The molecule has 0 amide bonds. The van der Waals surface area contributed by atoms with Gasteiger partial charge in [-0.3, -0.25) is 0 Å². The van der Waals surface area contributed by atoms with Gasteiger partial charge in [0.2, 0.25) is 0 Å². The molecular weight excluding hydrogens is 264 g/mol. The van der Waals surface area contributed by atoms with Crippen LogP contribution in [0, 0.1) is 6.92 Å². The van der Waals surface area contributed by atoms with Crippen LogP contribution < -0.4 is 0 Å². The minimum Gasteiger partial charge on any atom is -0.318 e. The van der Waals surface area contributed by atoms with Crippen LogP contribution in [-0.4, -0.2) is 31.0 Å². The molecule has 0 aliphatic carbocycles. The maximum absolute atomic E-state index is 12.6. The molecule has 0 aliphatic rings. The van der Waals surface area contributed by atoms with Crippen LogP contribution in [0.15, 0.2) is 0 Å². The van der Waals surface area contributed by atoms with E-state index < -0.39 is 31.0 Å². The van der Waals surface area contributed by atoms with Crippen molar-refractivity contribution >= 4 is 0 Å². The minimum atomic E-state index is -6.41. The molecular formula is C8H9F8O. The van der Waals surface area contributed by atoms with Crippen molar-refractivity contribution in [3.05, 3.63) is 6.92 Å². The molecule has 0 spiro atoms. The van der Waals surface area contributed by atoms with E-state index in [1.54, 1.807) is 0 Å². The van der Waals surface area contributed by atoms with Gasteiger partial charge in [0, 0.05) is 0 Å². The molecule has 1 nitrogen and oxygen atoms in total. The second-order valence-electron chi connectivity index (χ2n) is 3.10. The quantitative estimate of drug-likeness (QED) is 0.529. The van der Waals surface area contributed by atoms with Crippen molar-refractivity contribution in [2.75, 3.05) is 6.61 Å². The second-order valence-corrected chi connectivity index (χ2v) is 3.10. The average molecular weight is 273 g/mol. The molecule has 17 heavy (non-hydrogen) atoms. The maximum Gasteiger partial charge on any atom is 0.456 e. The summed E-state index contributed by atoms with van der Waals surface area (Å²) in [5, 5.41) is 0. The number of ether oxygens (including phenoxy) is 1. The summed E-state index contributed by atoms with van der Waals surface area (Å²) in [5.41, 5.74) is 0. The van der Waals surface area contributed by atoms with Crippen LogP contribution in [0.1, 0.15) is 12.8 Å². The summed E-state index contributed by atoms with van der Waals surface area (Å²) < 4.78 is 100. The summed E-state index contributed by atoms with van der Waals surface area (Å²) >= 11 is 0. The largest absolute Gasteiger partial charge is 0.456 e. The van der Waals surface area contributed by atoms with Crippen molar-refractivity contribution in [2.24, 2.45) is 0 Å². The van der Waals surface area contributed by atoms with Crippen LogP contribution in [0.25, 0.3) is 0 Å². The van der Waals surface area contributed by atoms with Crippen molar-refractivity contribution in [2.45, 2.75) is 37.2 Å². The summed E-state index contributed by atoms with van der Waals surface area (Å²) in [5.74, 6) is -6.18. The maximum atomic E-state index is 12.6. The lowest BCUT2D eigenvalue weighted by molar-refractivity contribution is -0.370. The Bertz CT molecular complexity index is 236. The number of hydrogen-bond acceptors (Lipinski definition) is 1. The van der Waals surface area contributed by atoms with Crippen LogP contribution in [-0.2, 0) is 4.74 Å². The first-order valence-electron chi connectivity index (χ1n) is 4.36. The fourth-order valence-corrected chi connectivity index (χ4v) is 0.738. The zero-order valence-electron chi connectivity index (χ0n) is 8.34. The molecule has 0 aromatic rings. The zero-order chi connectivity index (χ0) is 13.9. The Hall–Kier alpha value is -0.600. The summed E-state index contributed by atoms with van der Waals surface area (Å²) in [6.07, 6.45) is -16.5. The molecule has 0 N–H and O–H groups in total. The lowest BCUT2D eigenvalue weighted by Crippen LogP contribution is -2.54. The Labute approximate surface area is 91.7 Å². The number of halogens is 8. The van der Waals surface area contributed by atoms with Gasteiger partial charge in [-0.15, -0.1) is 0 Å². The molecule has 0 fully saturated rings. The van der Waals surface area contributed by atoms with Gasteiger partial charge in [-0.1, -0.05) is 13.3 Å². The standard InChI is InChI=1S/C8H9F8O/c1-2-3-4-17-7(12,13)5(9)6(10,11)8(14,15)16/h5H,1-4H2. The second kappa shape index (κ2) is 5.36. The summed E-state index contributed by atoms with van der Waals surface area (Å²) in [6, 6.07) is 0. The highest BCUT2D eigenvalue weighted by Gasteiger charge is 2.70. The third-order valence-electron chi connectivity index (χ3n) is 1.68.